The number of furan rings is 1. The maximum absolute atomic E-state index is 12.1. The van der Waals surface area contributed by atoms with Gasteiger partial charge in [0.2, 0.25) is 5.76 Å². The number of hydrogen-bond acceptors (Lipinski definition) is 3. The van der Waals surface area contributed by atoms with E-state index in [9.17, 15) is 18.0 Å². The summed E-state index contributed by atoms with van der Waals surface area (Å²) in [6, 6.07) is 1.40. The van der Waals surface area contributed by atoms with Crippen molar-refractivity contribution in [2.24, 2.45) is 5.73 Å². The number of halogens is 3. The fourth-order valence-corrected chi connectivity index (χ4v) is 0.953. The largest absolute Gasteiger partial charge is 0.449 e. The molecule has 0 aromatic carbocycles. The van der Waals surface area contributed by atoms with Crippen molar-refractivity contribution in [2.75, 3.05) is 6.54 Å². The SMILES string of the molecule is CC(N)CNC(=O)c1ccc(C(F)(F)F)o1. The van der Waals surface area contributed by atoms with Crippen molar-refractivity contribution >= 4 is 5.91 Å². The monoisotopic (exact) mass is 236 g/mol. The van der Waals surface area contributed by atoms with Crippen LogP contribution in [0, 0.1) is 0 Å². The van der Waals surface area contributed by atoms with Gasteiger partial charge in [-0.05, 0) is 19.1 Å². The second kappa shape index (κ2) is 4.56. The molecule has 16 heavy (non-hydrogen) atoms. The molecule has 0 saturated heterocycles. The van der Waals surface area contributed by atoms with Crippen LogP contribution in [0.1, 0.15) is 23.2 Å². The molecule has 3 N–H and O–H groups in total. The lowest BCUT2D eigenvalue weighted by atomic mass is 10.3. The molecule has 1 rings (SSSR count). The maximum Gasteiger partial charge on any atom is 0.449 e. The summed E-state index contributed by atoms with van der Waals surface area (Å²) in [6.07, 6.45) is -4.58. The van der Waals surface area contributed by atoms with E-state index in [-0.39, 0.29) is 18.3 Å². The van der Waals surface area contributed by atoms with Crippen molar-refractivity contribution in [2.45, 2.75) is 19.1 Å². The molecule has 0 aliphatic heterocycles. The highest BCUT2D eigenvalue weighted by Gasteiger charge is 2.35. The van der Waals surface area contributed by atoms with Gasteiger partial charge in [0.05, 0.1) is 0 Å². The number of hydrogen-bond donors (Lipinski definition) is 2. The lowest BCUT2D eigenvalue weighted by molar-refractivity contribution is -0.153. The molecule has 0 aliphatic rings. The highest BCUT2D eigenvalue weighted by molar-refractivity contribution is 5.91. The third-order valence-corrected chi connectivity index (χ3v) is 1.69. The summed E-state index contributed by atoms with van der Waals surface area (Å²) in [7, 11) is 0. The van der Waals surface area contributed by atoms with Crippen LogP contribution in [-0.2, 0) is 6.18 Å². The summed E-state index contributed by atoms with van der Waals surface area (Å²) < 4.78 is 40.8. The Kier molecular flexibility index (Phi) is 3.58. The predicted molar refractivity (Wildman–Crippen MR) is 49.7 cm³/mol. The number of carbonyl (C=O) groups excluding carboxylic acids is 1. The molecule has 1 aromatic rings. The first-order chi connectivity index (χ1) is 7.30. The van der Waals surface area contributed by atoms with E-state index in [1.54, 1.807) is 6.92 Å². The molecule has 1 heterocycles. The smallest absolute Gasteiger partial charge is 0.446 e. The van der Waals surface area contributed by atoms with E-state index < -0.39 is 17.8 Å². The summed E-state index contributed by atoms with van der Waals surface area (Å²) in [5, 5.41) is 2.34. The third kappa shape index (κ3) is 3.27. The fourth-order valence-electron chi connectivity index (χ4n) is 0.953. The highest BCUT2D eigenvalue weighted by Crippen LogP contribution is 2.30. The van der Waals surface area contributed by atoms with Gasteiger partial charge in [-0.3, -0.25) is 4.79 Å². The number of alkyl halides is 3. The molecule has 0 spiro atoms. The third-order valence-electron chi connectivity index (χ3n) is 1.69. The van der Waals surface area contributed by atoms with Crippen molar-refractivity contribution in [3.63, 3.8) is 0 Å². The van der Waals surface area contributed by atoms with Crippen LogP contribution in [0.15, 0.2) is 16.5 Å². The van der Waals surface area contributed by atoms with Crippen LogP contribution in [0.4, 0.5) is 13.2 Å². The fraction of sp³-hybridized carbons (Fsp3) is 0.444. The molecule has 0 radical (unpaired) electrons. The molecule has 7 heteroatoms. The summed E-state index contributed by atoms with van der Waals surface area (Å²) in [4.78, 5) is 11.3. The van der Waals surface area contributed by atoms with E-state index in [1.807, 2.05) is 0 Å². The van der Waals surface area contributed by atoms with Gasteiger partial charge < -0.3 is 15.5 Å². The van der Waals surface area contributed by atoms with Gasteiger partial charge in [-0.1, -0.05) is 0 Å². The van der Waals surface area contributed by atoms with Crippen molar-refractivity contribution < 1.29 is 22.4 Å². The minimum atomic E-state index is -4.58. The van der Waals surface area contributed by atoms with Crippen molar-refractivity contribution in [3.8, 4) is 0 Å². The first-order valence-corrected chi connectivity index (χ1v) is 4.51. The Morgan fingerprint density at radius 2 is 2.19 bits per heavy atom. The van der Waals surface area contributed by atoms with Crippen LogP contribution in [0.2, 0.25) is 0 Å². The van der Waals surface area contributed by atoms with Gasteiger partial charge in [0.1, 0.15) is 0 Å². The Hall–Kier alpha value is -1.50. The molecule has 0 aliphatic carbocycles. The minimum absolute atomic E-state index is 0.168. The summed E-state index contributed by atoms with van der Waals surface area (Å²) in [6.45, 7) is 1.82. The van der Waals surface area contributed by atoms with E-state index in [0.29, 0.717) is 6.07 Å². The number of nitrogens with two attached hydrogens (primary N) is 1. The standard InChI is InChI=1S/C9H11F3N2O2/c1-5(13)4-14-8(15)6-2-3-7(16-6)9(10,11)12/h2-3,5H,4,13H2,1H3,(H,14,15). The zero-order valence-corrected chi connectivity index (χ0v) is 8.47. The van der Waals surface area contributed by atoms with Crippen LogP contribution in [-0.4, -0.2) is 18.5 Å². The number of rotatable bonds is 3. The Morgan fingerprint density at radius 1 is 1.56 bits per heavy atom. The average molecular weight is 236 g/mol. The molecule has 1 aromatic heterocycles. The Labute approximate surface area is 89.6 Å². The van der Waals surface area contributed by atoms with Crippen LogP contribution in [0.5, 0.6) is 0 Å². The average Bonchev–Trinajstić information content (AvgIpc) is 2.61. The molecule has 0 bridgehead atoms. The number of amides is 1. The maximum atomic E-state index is 12.1. The molecule has 0 saturated carbocycles. The lowest BCUT2D eigenvalue weighted by Gasteiger charge is -2.05. The van der Waals surface area contributed by atoms with E-state index in [0.717, 1.165) is 6.07 Å². The Morgan fingerprint density at radius 3 is 2.62 bits per heavy atom. The highest BCUT2D eigenvalue weighted by atomic mass is 19.4. The van der Waals surface area contributed by atoms with E-state index in [1.165, 1.54) is 0 Å². The van der Waals surface area contributed by atoms with Gasteiger partial charge in [0, 0.05) is 12.6 Å². The topological polar surface area (TPSA) is 68.3 Å². The normalized spacial score (nSPS) is 13.6. The quantitative estimate of drug-likeness (QED) is 0.832. The van der Waals surface area contributed by atoms with E-state index in [4.69, 9.17) is 5.73 Å². The molecule has 1 amide bonds. The van der Waals surface area contributed by atoms with Crippen molar-refractivity contribution in [1.82, 2.24) is 5.32 Å². The molecule has 1 atom stereocenters. The second-order valence-corrected chi connectivity index (χ2v) is 3.35. The van der Waals surface area contributed by atoms with E-state index >= 15 is 0 Å². The molecular weight excluding hydrogens is 225 g/mol. The number of carbonyl (C=O) groups is 1. The van der Waals surface area contributed by atoms with Gasteiger partial charge >= 0.3 is 6.18 Å². The molecular formula is C9H11F3N2O2. The van der Waals surface area contributed by atoms with Crippen LogP contribution >= 0.6 is 0 Å². The van der Waals surface area contributed by atoms with Crippen LogP contribution < -0.4 is 11.1 Å². The van der Waals surface area contributed by atoms with Crippen LogP contribution in [0.25, 0.3) is 0 Å². The minimum Gasteiger partial charge on any atom is -0.446 e. The van der Waals surface area contributed by atoms with Gasteiger partial charge in [-0.2, -0.15) is 13.2 Å². The summed E-state index contributed by atoms with van der Waals surface area (Å²) in [5.41, 5.74) is 5.37. The molecule has 4 nitrogen and oxygen atoms in total. The predicted octanol–water partition coefficient (Wildman–Crippen LogP) is 1.38. The molecule has 90 valence electrons. The van der Waals surface area contributed by atoms with Crippen molar-refractivity contribution in [1.29, 1.82) is 0 Å². The van der Waals surface area contributed by atoms with E-state index in [2.05, 4.69) is 9.73 Å². The number of nitrogens with one attached hydrogen (secondary N) is 1. The van der Waals surface area contributed by atoms with Gasteiger partial charge in [0.15, 0.2) is 5.76 Å². The molecule has 1 unspecified atom stereocenters. The summed E-state index contributed by atoms with van der Waals surface area (Å²) >= 11 is 0. The first kappa shape index (κ1) is 12.6. The zero-order chi connectivity index (χ0) is 12.3. The Balaban J connectivity index is 2.67. The van der Waals surface area contributed by atoms with Crippen LogP contribution in [0.3, 0.4) is 0 Å². The first-order valence-electron chi connectivity index (χ1n) is 4.51. The second-order valence-electron chi connectivity index (χ2n) is 3.35. The van der Waals surface area contributed by atoms with Gasteiger partial charge in [0.25, 0.3) is 5.91 Å². The van der Waals surface area contributed by atoms with Gasteiger partial charge in [-0.25, -0.2) is 0 Å². The lowest BCUT2D eigenvalue weighted by Crippen LogP contribution is -2.34. The Bertz CT molecular complexity index is 371. The van der Waals surface area contributed by atoms with Crippen molar-refractivity contribution in [3.05, 3.63) is 23.7 Å². The zero-order valence-electron chi connectivity index (χ0n) is 8.47. The summed E-state index contributed by atoms with van der Waals surface area (Å²) in [5.74, 6) is -2.29. The molecule has 0 fully saturated rings. The van der Waals surface area contributed by atoms with Gasteiger partial charge in [-0.15, -0.1) is 0 Å².